The van der Waals surface area contributed by atoms with E-state index in [0.717, 1.165) is 18.5 Å². The summed E-state index contributed by atoms with van der Waals surface area (Å²) >= 11 is 0. The molecule has 2 N–H and O–H groups in total. The second-order valence-corrected chi connectivity index (χ2v) is 7.13. The van der Waals surface area contributed by atoms with Crippen LogP contribution in [0.1, 0.15) is 51.9 Å². The van der Waals surface area contributed by atoms with Crippen molar-refractivity contribution in [1.82, 2.24) is 9.80 Å². The molecule has 3 aliphatic heterocycles. The van der Waals surface area contributed by atoms with Gasteiger partial charge >= 0.3 is 0 Å². The molecule has 3 aliphatic rings. The van der Waals surface area contributed by atoms with E-state index >= 15 is 0 Å². The van der Waals surface area contributed by atoms with Crippen molar-refractivity contribution in [2.24, 2.45) is 11.7 Å². The van der Waals surface area contributed by atoms with E-state index in [2.05, 4.69) is 16.7 Å². The fraction of sp³-hybridized carbons (Fsp3) is 1.00. The quantitative estimate of drug-likeness (QED) is 0.829. The second kappa shape index (κ2) is 5.71. The van der Waals surface area contributed by atoms with Crippen molar-refractivity contribution < 1.29 is 0 Å². The molecule has 3 rings (SSSR count). The van der Waals surface area contributed by atoms with Crippen molar-refractivity contribution in [3.63, 3.8) is 0 Å². The first-order valence-electron chi connectivity index (χ1n) is 8.45. The van der Waals surface area contributed by atoms with Crippen LogP contribution in [0.25, 0.3) is 0 Å². The van der Waals surface area contributed by atoms with Crippen LogP contribution < -0.4 is 5.73 Å². The molecule has 0 spiro atoms. The van der Waals surface area contributed by atoms with Crippen molar-refractivity contribution in [3.8, 4) is 0 Å². The Labute approximate surface area is 118 Å². The summed E-state index contributed by atoms with van der Waals surface area (Å²) in [5, 5.41) is 0. The summed E-state index contributed by atoms with van der Waals surface area (Å²) in [6.45, 7) is 8.45. The van der Waals surface area contributed by atoms with Crippen molar-refractivity contribution in [1.29, 1.82) is 0 Å². The Bertz CT molecular complexity index is 306. The van der Waals surface area contributed by atoms with Gasteiger partial charge in [-0.3, -0.25) is 9.80 Å². The molecule has 3 unspecified atom stereocenters. The van der Waals surface area contributed by atoms with E-state index in [-0.39, 0.29) is 0 Å². The third-order valence-corrected chi connectivity index (χ3v) is 6.07. The average molecular weight is 265 g/mol. The fourth-order valence-corrected chi connectivity index (χ4v) is 4.82. The van der Waals surface area contributed by atoms with Crippen molar-refractivity contribution in [3.05, 3.63) is 0 Å². The molecule has 0 aliphatic carbocycles. The highest BCUT2D eigenvalue weighted by atomic mass is 15.3. The van der Waals surface area contributed by atoms with Crippen LogP contribution >= 0.6 is 0 Å². The average Bonchev–Trinajstić information content (AvgIpc) is 2.69. The van der Waals surface area contributed by atoms with Gasteiger partial charge in [0, 0.05) is 24.7 Å². The Morgan fingerprint density at radius 1 is 1.00 bits per heavy atom. The van der Waals surface area contributed by atoms with Gasteiger partial charge in [0.25, 0.3) is 0 Å². The van der Waals surface area contributed by atoms with Gasteiger partial charge in [0.1, 0.15) is 0 Å². The topological polar surface area (TPSA) is 32.5 Å². The molecule has 110 valence electrons. The summed E-state index contributed by atoms with van der Waals surface area (Å²) in [4.78, 5) is 5.54. The van der Waals surface area contributed by atoms with E-state index in [1.807, 2.05) is 0 Å². The molecule has 0 bridgehead atoms. The Hall–Kier alpha value is -0.120. The van der Waals surface area contributed by atoms with Crippen LogP contribution in [0.2, 0.25) is 0 Å². The van der Waals surface area contributed by atoms with E-state index in [4.69, 9.17) is 5.73 Å². The van der Waals surface area contributed by atoms with Crippen LogP contribution in [0.3, 0.4) is 0 Å². The lowest BCUT2D eigenvalue weighted by atomic mass is 9.83. The monoisotopic (exact) mass is 265 g/mol. The highest BCUT2D eigenvalue weighted by Gasteiger charge is 2.50. The lowest BCUT2D eigenvalue weighted by Crippen LogP contribution is -2.62. The molecule has 0 aromatic carbocycles. The smallest absolute Gasteiger partial charge is 0.0498 e. The third-order valence-electron chi connectivity index (χ3n) is 6.07. The van der Waals surface area contributed by atoms with Crippen LogP contribution in [0.15, 0.2) is 0 Å². The molecule has 3 fully saturated rings. The molecular weight excluding hydrogens is 234 g/mol. The number of likely N-dealkylation sites (tertiary alicyclic amines) is 1. The Kier molecular flexibility index (Phi) is 4.16. The second-order valence-electron chi connectivity index (χ2n) is 7.13. The molecular formula is C16H31N3. The molecule has 0 saturated carbocycles. The number of rotatable bonds is 2. The molecule has 0 aromatic rings. The third kappa shape index (κ3) is 2.45. The van der Waals surface area contributed by atoms with Crippen LogP contribution in [0, 0.1) is 5.92 Å². The summed E-state index contributed by atoms with van der Waals surface area (Å²) in [7, 11) is 0. The molecule has 3 heterocycles. The number of hydrogen-bond donors (Lipinski definition) is 1. The highest BCUT2D eigenvalue weighted by molar-refractivity contribution is 5.09. The van der Waals surface area contributed by atoms with Gasteiger partial charge in [-0.25, -0.2) is 0 Å². The van der Waals surface area contributed by atoms with Crippen molar-refractivity contribution in [2.45, 2.75) is 63.5 Å². The highest BCUT2D eigenvalue weighted by Crippen LogP contribution is 2.40. The van der Waals surface area contributed by atoms with Gasteiger partial charge in [-0.05, 0) is 64.1 Å². The number of fused-ring (bicyclic) bond motifs is 1. The zero-order valence-corrected chi connectivity index (χ0v) is 12.6. The standard InChI is InChI=1S/C16H31N3/c1-14-5-4-10-19(11-7-14)16(13-17)8-12-18-9-3-2-6-15(16)18/h14-15H,2-13,17H2,1H3. The molecule has 3 heteroatoms. The van der Waals surface area contributed by atoms with Crippen LogP contribution in [0.5, 0.6) is 0 Å². The number of nitrogens with two attached hydrogens (primary N) is 1. The van der Waals surface area contributed by atoms with Crippen LogP contribution in [-0.2, 0) is 0 Å². The van der Waals surface area contributed by atoms with Crippen LogP contribution in [-0.4, -0.2) is 54.1 Å². The van der Waals surface area contributed by atoms with Crippen molar-refractivity contribution in [2.75, 3.05) is 32.7 Å². The minimum absolute atomic E-state index is 0.310. The molecule has 0 aromatic heterocycles. The molecule has 0 amide bonds. The van der Waals surface area contributed by atoms with Gasteiger partial charge < -0.3 is 5.73 Å². The summed E-state index contributed by atoms with van der Waals surface area (Å²) in [6.07, 6.45) is 9.64. The summed E-state index contributed by atoms with van der Waals surface area (Å²) in [5.74, 6) is 0.906. The maximum absolute atomic E-state index is 6.32. The first-order chi connectivity index (χ1) is 9.26. The van der Waals surface area contributed by atoms with E-state index in [1.165, 1.54) is 71.1 Å². The Morgan fingerprint density at radius 3 is 2.74 bits per heavy atom. The van der Waals surface area contributed by atoms with Gasteiger partial charge in [-0.2, -0.15) is 0 Å². The van der Waals surface area contributed by atoms with E-state index in [0.29, 0.717) is 5.54 Å². The van der Waals surface area contributed by atoms with Crippen molar-refractivity contribution >= 4 is 0 Å². The van der Waals surface area contributed by atoms with Gasteiger partial charge in [0.05, 0.1) is 0 Å². The lowest BCUT2D eigenvalue weighted by Gasteiger charge is -2.47. The van der Waals surface area contributed by atoms with E-state index in [1.54, 1.807) is 0 Å². The predicted octanol–water partition coefficient (Wildman–Crippen LogP) is 2.06. The normalized spacial score (nSPS) is 42.0. The van der Waals surface area contributed by atoms with E-state index < -0.39 is 0 Å². The largest absolute Gasteiger partial charge is 0.329 e. The maximum Gasteiger partial charge on any atom is 0.0498 e. The van der Waals surface area contributed by atoms with Gasteiger partial charge in [0.2, 0.25) is 0 Å². The number of nitrogens with zero attached hydrogens (tertiary/aromatic N) is 2. The summed E-state index contributed by atoms with van der Waals surface area (Å²) in [5.41, 5.74) is 6.63. The number of hydrogen-bond acceptors (Lipinski definition) is 3. The molecule has 3 saturated heterocycles. The molecule has 3 atom stereocenters. The fourth-order valence-electron chi connectivity index (χ4n) is 4.82. The molecule has 19 heavy (non-hydrogen) atoms. The molecule has 0 radical (unpaired) electrons. The Balaban J connectivity index is 1.78. The van der Waals surface area contributed by atoms with Gasteiger partial charge in [-0.15, -0.1) is 0 Å². The maximum atomic E-state index is 6.32. The van der Waals surface area contributed by atoms with E-state index in [9.17, 15) is 0 Å². The SMILES string of the molecule is CC1CCCN(C2(CN)CCN3CCCCC32)CC1. The minimum Gasteiger partial charge on any atom is -0.329 e. The summed E-state index contributed by atoms with van der Waals surface area (Å²) in [6, 6.07) is 0.750. The zero-order chi connectivity index (χ0) is 13.3. The first-order valence-corrected chi connectivity index (χ1v) is 8.45. The summed E-state index contributed by atoms with van der Waals surface area (Å²) < 4.78 is 0. The molecule has 3 nitrogen and oxygen atoms in total. The predicted molar refractivity (Wildman–Crippen MR) is 80.2 cm³/mol. The minimum atomic E-state index is 0.310. The van der Waals surface area contributed by atoms with Gasteiger partial charge in [-0.1, -0.05) is 13.3 Å². The first kappa shape index (κ1) is 13.8. The van der Waals surface area contributed by atoms with Crippen LogP contribution in [0.4, 0.5) is 0 Å². The Morgan fingerprint density at radius 2 is 1.89 bits per heavy atom. The number of piperidine rings is 1. The van der Waals surface area contributed by atoms with Gasteiger partial charge in [0.15, 0.2) is 0 Å². The zero-order valence-electron chi connectivity index (χ0n) is 12.6. The lowest BCUT2D eigenvalue weighted by molar-refractivity contribution is 0.0391.